The maximum Gasteiger partial charge on any atom is 0.411 e. The highest BCUT2D eigenvalue weighted by molar-refractivity contribution is 6.05. The largest absolute Gasteiger partial charge is 0.446 e. The quantitative estimate of drug-likeness (QED) is 0.136. The van der Waals surface area contributed by atoms with Crippen molar-refractivity contribution >= 4 is 35.2 Å². The van der Waals surface area contributed by atoms with Gasteiger partial charge in [0.2, 0.25) is 0 Å². The summed E-state index contributed by atoms with van der Waals surface area (Å²) in [6.07, 6.45) is 1.65. The Balaban J connectivity index is 1.02. The van der Waals surface area contributed by atoms with Crippen LogP contribution in [0.5, 0.6) is 0 Å². The molecule has 272 valence electrons. The Hall–Kier alpha value is -5.52. The zero-order valence-corrected chi connectivity index (χ0v) is 30.1. The minimum absolute atomic E-state index is 0.0721. The highest BCUT2D eigenvalue weighted by Crippen LogP contribution is 2.28. The molecule has 0 aromatic heterocycles. The van der Waals surface area contributed by atoms with Crippen LogP contribution in [0.25, 0.3) is 11.1 Å². The minimum Gasteiger partial charge on any atom is -0.446 e. The van der Waals surface area contributed by atoms with Crippen LogP contribution in [0.15, 0.2) is 103 Å². The van der Waals surface area contributed by atoms with E-state index in [9.17, 15) is 19.2 Å². The molecule has 1 aliphatic heterocycles. The zero-order chi connectivity index (χ0) is 36.9. The lowest BCUT2D eigenvalue weighted by molar-refractivity contribution is 0.0540. The van der Waals surface area contributed by atoms with Crippen molar-refractivity contribution in [1.82, 2.24) is 20.0 Å². The number of carbonyl (C=O) groups excluding carboxylic acids is 4. The van der Waals surface area contributed by atoms with E-state index in [2.05, 4.69) is 20.9 Å². The van der Waals surface area contributed by atoms with Crippen molar-refractivity contribution in [2.24, 2.45) is 0 Å². The van der Waals surface area contributed by atoms with Gasteiger partial charge in [-0.25, -0.2) is 4.79 Å². The van der Waals surface area contributed by atoms with Crippen LogP contribution in [-0.4, -0.2) is 105 Å². The number of rotatable bonds is 14. The van der Waals surface area contributed by atoms with Crippen LogP contribution in [-0.2, 0) is 4.74 Å². The number of likely N-dealkylation sites (N-methyl/N-ethyl adjacent to an activating group) is 1. The number of amides is 4. The first kappa shape index (κ1) is 37.7. The number of para-hydroxylation sites is 1. The summed E-state index contributed by atoms with van der Waals surface area (Å²) in [6.45, 7) is 4.24. The molecule has 0 atom stereocenters. The van der Waals surface area contributed by atoms with Crippen LogP contribution < -0.4 is 16.0 Å². The van der Waals surface area contributed by atoms with Crippen LogP contribution in [0.3, 0.4) is 0 Å². The third kappa shape index (κ3) is 10.5. The van der Waals surface area contributed by atoms with E-state index >= 15 is 0 Å². The van der Waals surface area contributed by atoms with E-state index < -0.39 is 6.09 Å². The van der Waals surface area contributed by atoms with Crippen molar-refractivity contribution < 1.29 is 23.9 Å². The molecule has 0 unspecified atom stereocenters. The van der Waals surface area contributed by atoms with E-state index in [1.807, 2.05) is 61.6 Å². The highest BCUT2D eigenvalue weighted by Gasteiger charge is 2.24. The van der Waals surface area contributed by atoms with Gasteiger partial charge in [0, 0.05) is 74.8 Å². The number of nitrogens with one attached hydrogen (secondary N) is 3. The smallest absolute Gasteiger partial charge is 0.411 e. The van der Waals surface area contributed by atoms with Crippen LogP contribution in [0, 0.1) is 0 Å². The average molecular weight is 705 g/mol. The third-order valence-corrected chi connectivity index (χ3v) is 9.21. The van der Waals surface area contributed by atoms with Gasteiger partial charge >= 0.3 is 6.09 Å². The molecule has 1 aliphatic rings. The van der Waals surface area contributed by atoms with E-state index in [-0.39, 0.29) is 23.8 Å². The first-order chi connectivity index (χ1) is 25.2. The molecule has 4 aromatic carbocycles. The Morgan fingerprint density at radius 1 is 0.712 bits per heavy atom. The summed E-state index contributed by atoms with van der Waals surface area (Å²) in [5, 5.41) is 8.84. The Labute approximate surface area is 305 Å². The maximum absolute atomic E-state index is 13.1. The molecule has 3 N–H and O–H groups in total. The standard InChI is InChI=1S/C41H48N6O5/c1-42-24-9-25-45(2)39(49)33-18-20-34(21-19-33)43-38(48)31-14-16-32(17-15-31)40(50)46(3)28-29-47-26-22-35(23-27-47)52-41(51)44-37-13-8-7-12-36(37)30-10-5-4-6-11-30/h4-8,10-21,35,42H,9,22-29H2,1-3H3,(H,43,48)(H,44,51). The SMILES string of the molecule is CNCCCN(C)C(=O)c1ccc(NC(=O)c2ccc(C(=O)N(C)CCN3CCC(OC(=O)Nc4ccccc4-c4ccccc4)CC3)cc2)cc1. The maximum atomic E-state index is 13.1. The number of carbonyl (C=O) groups is 4. The molecular weight excluding hydrogens is 656 g/mol. The summed E-state index contributed by atoms with van der Waals surface area (Å²) in [5.41, 5.74) is 4.69. The van der Waals surface area contributed by atoms with Crippen molar-refractivity contribution in [1.29, 1.82) is 0 Å². The van der Waals surface area contributed by atoms with Gasteiger partial charge in [-0.05, 0) is 93.0 Å². The highest BCUT2D eigenvalue weighted by atomic mass is 16.6. The summed E-state index contributed by atoms with van der Waals surface area (Å²) >= 11 is 0. The minimum atomic E-state index is -0.461. The molecule has 1 heterocycles. The molecule has 52 heavy (non-hydrogen) atoms. The Morgan fingerprint density at radius 2 is 1.29 bits per heavy atom. The number of piperidine rings is 1. The number of anilines is 2. The van der Waals surface area contributed by atoms with Gasteiger partial charge in [0.25, 0.3) is 17.7 Å². The number of likely N-dealkylation sites (tertiary alicyclic amines) is 1. The fourth-order valence-corrected chi connectivity index (χ4v) is 6.09. The molecule has 1 fully saturated rings. The van der Waals surface area contributed by atoms with Crippen molar-refractivity contribution in [3.63, 3.8) is 0 Å². The van der Waals surface area contributed by atoms with Crippen molar-refractivity contribution in [3.8, 4) is 11.1 Å². The van der Waals surface area contributed by atoms with Gasteiger partial charge in [0.05, 0.1) is 5.69 Å². The number of benzene rings is 4. The Kier molecular flexibility index (Phi) is 13.5. The lowest BCUT2D eigenvalue weighted by Crippen LogP contribution is -2.42. The normalized spacial score (nSPS) is 13.2. The van der Waals surface area contributed by atoms with Gasteiger partial charge in [0.1, 0.15) is 6.10 Å². The predicted molar refractivity (Wildman–Crippen MR) is 205 cm³/mol. The lowest BCUT2D eigenvalue weighted by Gasteiger charge is -2.32. The lowest BCUT2D eigenvalue weighted by atomic mass is 10.0. The fraction of sp³-hybridized carbons (Fsp3) is 0.317. The van der Waals surface area contributed by atoms with E-state index in [4.69, 9.17) is 4.74 Å². The van der Waals surface area contributed by atoms with Gasteiger partial charge in [-0.2, -0.15) is 0 Å². The monoisotopic (exact) mass is 704 g/mol. The molecule has 11 nitrogen and oxygen atoms in total. The first-order valence-corrected chi connectivity index (χ1v) is 17.7. The van der Waals surface area contributed by atoms with Crippen molar-refractivity contribution in [2.45, 2.75) is 25.4 Å². The Morgan fingerprint density at radius 3 is 1.94 bits per heavy atom. The first-order valence-electron chi connectivity index (χ1n) is 17.7. The molecule has 0 aliphatic carbocycles. The Bertz CT molecular complexity index is 1790. The molecule has 4 amide bonds. The van der Waals surface area contributed by atoms with Gasteiger partial charge < -0.3 is 30.1 Å². The molecular formula is C41H48N6O5. The third-order valence-electron chi connectivity index (χ3n) is 9.21. The molecule has 0 radical (unpaired) electrons. The molecule has 1 saturated heterocycles. The number of hydrogen-bond donors (Lipinski definition) is 3. The van der Waals surface area contributed by atoms with Gasteiger partial charge in [0.15, 0.2) is 0 Å². The van der Waals surface area contributed by atoms with Crippen molar-refractivity contribution in [3.05, 3.63) is 120 Å². The molecule has 11 heteroatoms. The van der Waals surface area contributed by atoms with Gasteiger partial charge in [-0.3, -0.25) is 19.7 Å². The van der Waals surface area contributed by atoms with Crippen molar-refractivity contribution in [2.75, 3.05) is 71.0 Å². The molecule has 4 aromatic rings. The van der Waals surface area contributed by atoms with Crippen LogP contribution in [0.4, 0.5) is 16.2 Å². The second kappa shape index (κ2) is 18.6. The second-order valence-electron chi connectivity index (χ2n) is 13.0. The van der Waals surface area contributed by atoms with Crippen LogP contribution >= 0.6 is 0 Å². The summed E-state index contributed by atoms with van der Waals surface area (Å²) < 4.78 is 5.77. The van der Waals surface area contributed by atoms with Gasteiger partial charge in [-0.15, -0.1) is 0 Å². The predicted octanol–water partition coefficient (Wildman–Crippen LogP) is 6.07. The zero-order valence-electron chi connectivity index (χ0n) is 30.1. The number of ether oxygens (including phenoxy) is 1. The number of hydrogen-bond acceptors (Lipinski definition) is 7. The molecule has 0 bridgehead atoms. The molecule has 5 rings (SSSR count). The summed E-state index contributed by atoms with van der Waals surface area (Å²) in [6, 6.07) is 31.0. The van der Waals surface area contributed by atoms with E-state index in [0.717, 1.165) is 37.2 Å². The van der Waals surface area contributed by atoms with Crippen LogP contribution in [0.1, 0.15) is 50.3 Å². The summed E-state index contributed by atoms with van der Waals surface area (Å²) in [7, 11) is 5.43. The van der Waals surface area contributed by atoms with Gasteiger partial charge in [-0.1, -0.05) is 48.5 Å². The summed E-state index contributed by atoms with van der Waals surface area (Å²) in [5.74, 6) is -0.511. The topological polar surface area (TPSA) is 123 Å². The van der Waals surface area contributed by atoms with Crippen LogP contribution in [0.2, 0.25) is 0 Å². The molecule has 0 spiro atoms. The average Bonchev–Trinajstić information content (AvgIpc) is 3.18. The van der Waals surface area contributed by atoms with E-state index in [0.29, 0.717) is 60.5 Å². The van der Waals surface area contributed by atoms with E-state index in [1.54, 1.807) is 72.4 Å². The summed E-state index contributed by atoms with van der Waals surface area (Å²) in [4.78, 5) is 57.1. The molecule has 0 saturated carbocycles. The second-order valence-corrected chi connectivity index (χ2v) is 13.0. The van der Waals surface area contributed by atoms with E-state index in [1.165, 1.54) is 0 Å². The number of nitrogens with zero attached hydrogens (tertiary/aromatic N) is 3. The fourth-order valence-electron chi connectivity index (χ4n) is 6.09.